The normalized spacial score (nSPS) is 22.8. The number of nitrogens with two attached hydrogens (primary N) is 1. The summed E-state index contributed by atoms with van der Waals surface area (Å²) in [6.45, 7) is 8.32. The fourth-order valence-electron chi connectivity index (χ4n) is 4.20. The molecule has 0 spiro atoms. The Labute approximate surface area is 159 Å². The lowest BCUT2D eigenvalue weighted by atomic mass is 9.69. The minimum atomic E-state index is -0.361. The van der Waals surface area contributed by atoms with E-state index in [0.29, 0.717) is 17.8 Å². The fraction of sp³-hybridized carbons (Fsp3) is 0.500. The highest BCUT2D eigenvalue weighted by Gasteiger charge is 2.45. The molecule has 0 bridgehead atoms. The third-order valence-electron chi connectivity index (χ3n) is 5.14. The third-order valence-corrected chi connectivity index (χ3v) is 6.13. The smallest absolute Gasteiger partial charge is 0.162 e. The SMILES string of the molecule is Cc1cc(C2C(C#N)=C(N)N(N(C)C)C3=C2C(=O)CC(C)(C)C3)c(C)s1. The number of nitriles is 1. The second kappa shape index (κ2) is 6.26. The number of thiophene rings is 1. The average molecular weight is 371 g/mol. The molecule has 6 heteroatoms. The minimum absolute atomic E-state index is 0.122. The maximum absolute atomic E-state index is 13.2. The van der Waals surface area contributed by atoms with E-state index in [1.165, 1.54) is 4.88 Å². The monoisotopic (exact) mass is 370 g/mol. The van der Waals surface area contributed by atoms with Crippen molar-refractivity contribution in [3.8, 4) is 6.07 Å². The molecule has 1 aromatic rings. The van der Waals surface area contributed by atoms with Crippen molar-refractivity contribution in [1.82, 2.24) is 10.0 Å². The van der Waals surface area contributed by atoms with Gasteiger partial charge in [-0.05, 0) is 37.3 Å². The van der Waals surface area contributed by atoms with Crippen LogP contribution >= 0.6 is 11.3 Å². The molecule has 138 valence electrons. The molecule has 0 amide bonds. The minimum Gasteiger partial charge on any atom is -0.383 e. The van der Waals surface area contributed by atoms with Crippen LogP contribution in [-0.2, 0) is 4.79 Å². The quantitative estimate of drug-likeness (QED) is 0.861. The van der Waals surface area contributed by atoms with Gasteiger partial charge in [-0.25, -0.2) is 5.01 Å². The Morgan fingerprint density at radius 3 is 2.50 bits per heavy atom. The van der Waals surface area contributed by atoms with Crippen LogP contribution in [0.4, 0.5) is 0 Å². The highest BCUT2D eigenvalue weighted by atomic mass is 32.1. The van der Waals surface area contributed by atoms with E-state index in [9.17, 15) is 10.1 Å². The number of hydrazine groups is 1. The van der Waals surface area contributed by atoms with E-state index >= 15 is 0 Å². The van der Waals surface area contributed by atoms with Crippen LogP contribution in [0.3, 0.4) is 0 Å². The molecular formula is C20H26N4OS. The number of hydrogen-bond donors (Lipinski definition) is 1. The van der Waals surface area contributed by atoms with Crippen molar-refractivity contribution in [3.05, 3.63) is 44.0 Å². The Hall–Kier alpha value is -2.10. The second-order valence-corrected chi connectivity index (χ2v) is 9.63. The molecular weight excluding hydrogens is 344 g/mol. The summed E-state index contributed by atoms with van der Waals surface area (Å²) in [6.07, 6.45) is 1.24. The van der Waals surface area contributed by atoms with Gasteiger partial charge in [0.1, 0.15) is 5.82 Å². The van der Waals surface area contributed by atoms with Gasteiger partial charge in [0.25, 0.3) is 0 Å². The zero-order chi connectivity index (χ0) is 19.4. The summed E-state index contributed by atoms with van der Waals surface area (Å²) in [6, 6.07) is 4.40. The zero-order valence-corrected chi connectivity index (χ0v) is 17.1. The van der Waals surface area contributed by atoms with Gasteiger partial charge in [-0.2, -0.15) is 5.26 Å². The summed E-state index contributed by atoms with van der Waals surface area (Å²) in [5.74, 6) is 0.186. The molecule has 26 heavy (non-hydrogen) atoms. The van der Waals surface area contributed by atoms with E-state index in [0.717, 1.165) is 28.1 Å². The zero-order valence-electron chi connectivity index (χ0n) is 16.3. The number of Topliss-reactive ketones (excluding diaryl/α,β-unsaturated/α-hetero) is 1. The summed E-state index contributed by atoms with van der Waals surface area (Å²) in [7, 11) is 3.78. The van der Waals surface area contributed by atoms with Crippen LogP contribution in [0.25, 0.3) is 0 Å². The number of carbonyl (C=O) groups is 1. The average Bonchev–Trinajstić information content (AvgIpc) is 2.82. The molecule has 3 rings (SSSR count). The van der Waals surface area contributed by atoms with Gasteiger partial charge in [0.05, 0.1) is 17.6 Å². The summed E-state index contributed by atoms with van der Waals surface area (Å²) in [5.41, 5.74) is 9.50. The van der Waals surface area contributed by atoms with Crippen LogP contribution in [0.15, 0.2) is 28.7 Å². The Morgan fingerprint density at radius 1 is 1.35 bits per heavy atom. The molecule has 0 fully saturated rings. The first-order chi connectivity index (χ1) is 12.1. The maximum Gasteiger partial charge on any atom is 0.162 e. The molecule has 5 nitrogen and oxygen atoms in total. The van der Waals surface area contributed by atoms with Crippen LogP contribution in [0.5, 0.6) is 0 Å². The van der Waals surface area contributed by atoms with Gasteiger partial charge >= 0.3 is 0 Å². The van der Waals surface area contributed by atoms with Crippen LogP contribution in [0, 0.1) is 30.6 Å². The largest absolute Gasteiger partial charge is 0.383 e. The number of allylic oxidation sites excluding steroid dienone is 3. The summed E-state index contributed by atoms with van der Waals surface area (Å²) in [5, 5.41) is 13.6. The summed E-state index contributed by atoms with van der Waals surface area (Å²) < 4.78 is 0. The number of aryl methyl sites for hydroxylation is 2. The predicted octanol–water partition coefficient (Wildman–Crippen LogP) is 3.58. The molecule has 0 radical (unpaired) electrons. The Balaban J connectivity index is 2.31. The molecule has 0 saturated carbocycles. The van der Waals surface area contributed by atoms with Crippen molar-refractivity contribution >= 4 is 17.1 Å². The van der Waals surface area contributed by atoms with Crippen molar-refractivity contribution in [2.24, 2.45) is 11.1 Å². The van der Waals surface area contributed by atoms with Crippen molar-refractivity contribution in [3.63, 3.8) is 0 Å². The van der Waals surface area contributed by atoms with Crippen LogP contribution < -0.4 is 5.73 Å². The Kier molecular flexibility index (Phi) is 4.50. The van der Waals surface area contributed by atoms with Gasteiger partial charge in [-0.3, -0.25) is 9.80 Å². The van der Waals surface area contributed by atoms with E-state index in [1.54, 1.807) is 11.3 Å². The summed E-state index contributed by atoms with van der Waals surface area (Å²) >= 11 is 1.69. The molecule has 1 aromatic heterocycles. The lowest BCUT2D eigenvalue weighted by Crippen LogP contribution is -2.47. The van der Waals surface area contributed by atoms with Gasteiger partial charge in [-0.15, -0.1) is 11.3 Å². The lowest BCUT2D eigenvalue weighted by molar-refractivity contribution is -0.119. The van der Waals surface area contributed by atoms with E-state index in [2.05, 4.69) is 32.9 Å². The van der Waals surface area contributed by atoms with Gasteiger partial charge in [-0.1, -0.05) is 13.8 Å². The number of ketones is 1. The number of rotatable bonds is 2. The molecule has 1 unspecified atom stereocenters. The van der Waals surface area contributed by atoms with Crippen LogP contribution in [0.1, 0.15) is 47.9 Å². The fourth-order valence-corrected chi connectivity index (χ4v) is 5.16. The van der Waals surface area contributed by atoms with Crippen LogP contribution in [-0.4, -0.2) is 29.9 Å². The lowest BCUT2D eigenvalue weighted by Gasteiger charge is -2.45. The van der Waals surface area contributed by atoms with E-state index in [1.807, 2.05) is 31.0 Å². The van der Waals surface area contributed by atoms with Gasteiger partial charge in [0.15, 0.2) is 5.78 Å². The first kappa shape index (κ1) is 18.7. The number of carbonyl (C=O) groups excluding carboxylic acids is 1. The van der Waals surface area contributed by atoms with E-state index < -0.39 is 0 Å². The highest BCUT2D eigenvalue weighted by Crippen LogP contribution is 2.50. The van der Waals surface area contributed by atoms with Gasteiger partial charge in [0, 0.05) is 41.5 Å². The third kappa shape index (κ3) is 2.85. The molecule has 2 N–H and O–H groups in total. The van der Waals surface area contributed by atoms with Crippen molar-refractivity contribution < 1.29 is 4.79 Å². The molecule has 2 aliphatic rings. The van der Waals surface area contributed by atoms with E-state index in [4.69, 9.17) is 5.73 Å². The van der Waals surface area contributed by atoms with Crippen LogP contribution in [0.2, 0.25) is 0 Å². The second-order valence-electron chi connectivity index (χ2n) is 8.17. The summed E-state index contributed by atoms with van der Waals surface area (Å²) in [4.78, 5) is 15.5. The van der Waals surface area contributed by atoms with E-state index in [-0.39, 0.29) is 17.1 Å². The van der Waals surface area contributed by atoms with Crippen molar-refractivity contribution in [1.29, 1.82) is 5.26 Å². The standard InChI is InChI=1S/C20H26N4OS/c1-11-7-13(12(2)26-11)17-14(10-21)19(22)24(23(5)6)15-8-20(3,4)9-16(25)18(15)17/h7,17H,8-9,22H2,1-6H3. The number of hydrogen-bond acceptors (Lipinski definition) is 6. The van der Waals surface area contributed by atoms with Crippen molar-refractivity contribution in [2.75, 3.05) is 14.1 Å². The molecule has 2 heterocycles. The maximum atomic E-state index is 13.2. The predicted molar refractivity (Wildman–Crippen MR) is 104 cm³/mol. The number of nitrogens with zero attached hydrogens (tertiary/aromatic N) is 3. The first-order valence-electron chi connectivity index (χ1n) is 8.77. The molecule has 0 aromatic carbocycles. The Bertz CT molecular complexity index is 882. The van der Waals surface area contributed by atoms with Crippen molar-refractivity contribution in [2.45, 2.75) is 46.5 Å². The van der Waals surface area contributed by atoms with Gasteiger partial charge in [0.2, 0.25) is 0 Å². The molecule has 1 aliphatic heterocycles. The first-order valence-corrected chi connectivity index (χ1v) is 9.59. The topological polar surface area (TPSA) is 73.4 Å². The highest BCUT2D eigenvalue weighted by molar-refractivity contribution is 7.12. The Morgan fingerprint density at radius 2 is 2.00 bits per heavy atom. The van der Waals surface area contributed by atoms with Gasteiger partial charge < -0.3 is 5.73 Å². The molecule has 1 atom stereocenters. The molecule has 0 saturated heterocycles. The molecule has 1 aliphatic carbocycles.